The molecule has 2 heteroatoms. The van der Waals surface area contributed by atoms with Gasteiger partial charge in [-0.2, -0.15) is 0 Å². The van der Waals surface area contributed by atoms with Crippen molar-refractivity contribution >= 4 is 25.3 Å². The van der Waals surface area contributed by atoms with Crippen LogP contribution in [-0.2, 0) is 0 Å². The van der Waals surface area contributed by atoms with Crippen molar-refractivity contribution < 1.29 is 5.48 Å². The Hall–Kier alpha value is -1.69. The van der Waals surface area contributed by atoms with E-state index < -0.39 is 0 Å². The van der Waals surface area contributed by atoms with Gasteiger partial charge in [0.15, 0.2) is 0 Å². The molecule has 0 saturated heterocycles. The Morgan fingerprint density at radius 1 is 0.611 bits per heavy atom. The zero-order valence-electron chi connectivity index (χ0n) is 9.93. The van der Waals surface area contributed by atoms with Gasteiger partial charge in [0.1, 0.15) is 0 Å². The summed E-state index contributed by atoms with van der Waals surface area (Å²) in [5.74, 6) is 0. The minimum Gasteiger partial charge on any atom is -0.412 e. The quantitative estimate of drug-likeness (QED) is 0.597. The van der Waals surface area contributed by atoms with Crippen LogP contribution in [0.3, 0.4) is 0 Å². The first kappa shape index (κ1) is 12.8. The molecule has 3 rings (SSSR count). The summed E-state index contributed by atoms with van der Waals surface area (Å²) < 4.78 is 0. The zero-order valence-corrected chi connectivity index (χ0v) is 11.1. The molecule has 90 valence electrons. The third kappa shape index (κ3) is 2.15. The molecule has 0 aromatic heterocycles. The van der Waals surface area contributed by atoms with Gasteiger partial charge >= 0.3 is 0 Å². The molecule has 0 aliphatic heterocycles. The summed E-state index contributed by atoms with van der Waals surface area (Å²) in [6.07, 6.45) is 0. The molecule has 3 aromatic carbocycles. The minimum absolute atomic E-state index is 0. The Balaban J connectivity index is 0.00000120. The average molecular weight is 254 g/mol. The van der Waals surface area contributed by atoms with E-state index in [0.29, 0.717) is 0 Å². The van der Waals surface area contributed by atoms with Gasteiger partial charge in [0.25, 0.3) is 0 Å². The van der Waals surface area contributed by atoms with Crippen LogP contribution in [0.2, 0.25) is 0 Å². The first-order valence-electron chi connectivity index (χ1n) is 5.69. The second-order valence-corrected chi connectivity index (χ2v) is 4.74. The maximum Gasteiger partial charge on any atom is -0.00992 e. The molecule has 0 amide bonds. The zero-order chi connectivity index (χ0) is 11.7. The van der Waals surface area contributed by atoms with Crippen molar-refractivity contribution in [3.8, 4) is 11.1 Å². The standard InChI is InChI=1S/C16H13P.H2O/c17-16-11-4-3-9-15(16)14-10-5-7-12-6-1-2-8-13(12)14;/h1-11H,17H2;1H2. The van der Waals surface area contributed by atoms with E-state index in [4.69, 9.17) is 0 Å². The lowest BCUT2D eigenvalue weighted by Crippen LogP contribution is -1.95. The fourth-order valence-corrected chi connectivity index (χ4v) is 2.57. The van der Waals surface area contributed by atoms with E-state index in [-0.39, 0.29) is 5.48 Å². The van der Waals surface area contributed by atoms with Crippen LogP contribution in [0.1, 0.15) is 0 Å². The summed E-state index contributed by atoms with van der Waals surface area (Å²) in [6.45, 7) is 0. The van der Waals surface area contributed by atoms with Gasteiger partial charge in [-0.15, -0.1) is 9.24 Å². The van der Waals surface area contributed by atoms with Gasteiger partial charge in [0, 0.05) is 0 Å². The van der Waals surface area contributed by atoms with Crippen LogP contribution in [-0.4, -0.2) is 5.48 Å². The van der Waals surface area contributed by atoms with Crippen molar-refractivity contribution in [1.82, 2.24) is 0 Å². The molecular weight excluding hydrogens is 239 g/mol. The maximum absolute atomic E-state index is 2.81. The number of benzene rings is 3. The third-order valence-electron chi connectivity index (χ3n) is 3.04. The van der Waals surface area contributed by atoms with Crippen molar-refractivity contribution in [3.63, 3.8) is 0 Å². The predicted molar refractivity (Wildman–Crippen MR) is 82.3 cm³/mol. The van der Waals surface area contributed by atoms with E-state index in [1.165, 1.54) is 27.2 Å². The number of hydrogen-bond acceptors (Lipinski definition) is 0. The monoisotopic (exact) mass is 254 g/mol. The highest BCUT2D eigenvalue weighted by Crippen LogP contribution is 2.27. The van der Waals surface area contributed by atoms with Crippen LogP contribution < -0.4 is 5.30 Å². The van der Waals surface area contributed by atoms with Gasteiger partial charge in [-0.25, -0.2) is 0 Å². The van der Waals surface area contributed by atoms with Gasteiger partial charge in [-0.1, -0.05) is 66.7 Å². The molecule has 18 heavy (non-hydrogen) atoms. The molecule has 3 aromatic rings. The van der Waals surface area contributed by atoms with E-state index in [0.717, 1.165) is 0 Å². The van der Waals surface area contributed by atoms with Crippen LogP contribution in [0.15, 0.2) is 66.7 Å². The van der Waals surface area contributed by atoms with Crippen molar-refractivity contribution in [2.75, 3.05) is 0 Å². The van der Waals surface area contributed by atoms with Gasteiger partial charge in [-0.05, 0) is 27.2 Å². The maximum atomic E-state index is 2.81. The molecule has 0 radical (unpaired) electrons. The topological polar surface area (TPSA) is 31.5 Å². The number of rotatable bonds is 1. The van der Waals surface area contributed by atoms with Crippen LogP contribution >= 0.6 is 9.24 Å². The summed E-state index contributed by atoms with van der Waals surface area (Å²) in [4.78, 5) is 0. The van der Waals surface area contributed by atoms with Crippen molar-refractivity contribution in [2.45, 2.75) is 0 Å². The Morgan fingerprint density at radius 2 is 1.22 bits per heavy atom. The van der Waals surface area contributed by atoms with Gasteiger partial charge in [0.2, 0.25) is 0 Å². The lowest BCUT2D eigenvalue weighted by atomic mass is 9.98. The third-order valence-corrected chi connectivity index (χ3v) is 3.54. The predicted octanol–water partition coefficient (Wildman–Crippen LogP) is 3.18. The van der Waals surface area contributed by atoms with E-state index in [9.17, 15) is 0 Å². The molecular formula is C16H15OP. The summed E-state index contributed by atoms with van der Waals surface area (Å²) in [5, 5.41) is 3.84. The molecule has 1 unspecified atom stereocenters. The summed E-state index contributed by atoms with van der Waals surface area (Å²) in [5.41, 5.74) is 2.59. The van der Waals surface area contributed by atoms with E-state index in [2.05, 4.69) is 76.0 Å². The normalized spacial score (nSPS) is 10.1. The first-order valence-corrected chi connectivity index (χ1v) is 6.26. The Bertz CT molecular complexity index is 671. The van der Waals surface area contributed by atoms with Gasteiger partial charge in [0.05, 0.1) is 0 Å². The fourth-order valence-electron chi connectivity index (χ4n) is 2.20. The van der Waals surface area contributed by atoms with Crippen molar-refractivity contribution in [2.24, 2.45) is 0 Å². The van der Waals surface area contributed by atoms with E-state index >= 15 is 0 Å². The van der Waals surface area contributed by atoms with Gasteiger partial charge in [-0.3, -0.25) is 0 Å². The second kappa shape index (κ2) is 5.30. The molecule has 1 atom stereocenters. The molecule has 1 nitrogen and oxygen atoms in total. The van der Waals surface area contributed by atoms with E-state index in [1.54, 1.807) is 0 Å². The lowest BCUT2D eigenvalue weighted by molar-refractivity contribution is 0.824. The molecule has 0 spiro atoms. The van der Waals surface area contributed by atoms with Crippen molar-refractivity contribution in [3.05, 3.63) is 66.7 Å². The Morgan fingerprint density at radius 3 is 2.06 bits per heavy atom. The minimum atomic E-state index is 0. The lowest BCUT2D eigenvalue weighted by Gasteiger charge is -2.09. The molecule has 0 aliphatic rings. The first-order chi connectivity index (χ1) is 8.36. The van der Waals surface area contributed by atoms with Crippen LogP contribution in [0.5, 0.6) is 0 Å². The van der Waals surface area contributed by atoms with Crippen molar-refractivity contribution in [1.29, 1.82) is 0 Å². The molecule has 0 fully saturated rings. The summed E-state index contributed by atoms with van der Waals surface area (Å²) in [7, 11) is 2.81. The number of hydrogen-bond donors (Lipinski definition) is 0. The number of fused-ring (bicyclic) bond motifs is 1. The highest BCUT2D eigenvalue weighted by Gasteiger charge is 2.04. The Labute approximate surface area is 109 Å². The fraction of sp³-hybridized carbons (Fsp3) is 0. The SMILES string of the molecule is O.Pc1ccccc1-c1cccc2ccccc12. The Kier molecular flexibility index (Phi) is 3.76. The summed E-state index contributed by atoms with van der Waals surface area (Å²) in [6, 6.07) is 23.4. The average Bonchev–Trinajstić information content (AvgIpc) is 2.39. The molecule has 2 N–H and O–H groups in total. The van der Waals surface area contributed by atoms with Crippen LogP contribution in [0, 0.1) is 0 Å². The molecule has 0 saturated carbocycles. The van der Waals surface area contributed by atoms with Crippen LogP contribution in [0.4, 0.5) is 0 Å². The largest absolute Gasteiger partial charge is 0.412 e. The molecule has 0 aliphatic carbocycles. The highest BCUT2D eigenvalue weighted by atomic mass is 31.0. The molecule has 0 heterocycles. The summed E-state index contributed by atoms with van der Waals surface area (Å²) >= 11 is 0. The van der Waals surface area contributed by atoms with Crippen LogP contribution in [0.25, 0.3) is 21.9 Å². The highest BCUT2D eigenvalue weighted by molar-refractivity contribution is 7.28. The second-order valence-electron chi connectivity index (χ2n) is 4.11. The van der Waals surface area contributed by atoms with Gasteiger partial charge < -0.3 is 5.48 Å². The smallest absolute Gasteiger partial charge is 0.00992 e. The molecule has 0 bridgehead atoms. The van der Waals surface area contributed by atoms with E-state index in [1.807, 2.05) is 0 Å².